The molecule has 0 radical (unpaired) electrons. The molecule has 0 amide bonds. The molecule has 1 fully saturated rings. The van der Waals surface area contributed by atoms with Gasteiger partial charge in [-0.15, -0.1) is 0 Å². The van der Waals surface area contributed by atoms with Crippen LogP contribution in [0, 0.1) is 29.4 Å². The summed E-state index contributed by atoms with van der Waals surface area (Å²) >= 11 is 0. The van der Waals surface area contributed by atoms with Crippen LogP contribution < -0.4 is 4.74 Å². The first-order valence-electron chi connectivity index (χ1n) is 8.91. The molecule has 2 rings (SSSR count). The summed E-state index contributed by atoms with van der Waals surface area (Å²) < 4.78 is 70.1. The lowest BCUT2D eigenvalue weighted by atomic mass is 9.75. The van der Waals surface area contributed by atoms with Gasteiger partial charge in [-0.3, -0.25) is 0 Å². The third kappa shape index (κ3) is 5.32. The van der Waals surface area contributed by atoms with Crippen LogP contribution in [0.4, 0.5) is 22.0 Å². The fraction of sp³-hybridized carbons (Fsp3) is 0.684. The van der Waals surface area contributed by atoms with Crippen molar-refractivity contribution in [3.05, 3.63) is 29.3 Å². The van der Waals surface area contributed by atoms with Gasteiger partial charge in [-0.1, -0.05) is 26.7 Å². The lowest BCUT2D eigenvalue weighted by molar-refractivity contribution is -0.142. The van der Waals surface area contributed by atoms with Crippen LogP contribution in [0.3, 0.4) is 0 Å². The molecule has 0 spiro atoms. The van der Waals surface area contributed by atoms with Crippen LogP contribution in [0.1, 0.15) is 57.9 Å². The highest BCUT2D eigenvalue weighted by Gasteiger charge is 2.38. The number of alkyl halides is 3. The Balaban J connectivity index is 1.89. The molecule has 1 saturated carbocycles. The second-order valence-corrected chi connectivity index (χ2v) is 7.12. The molecule has 1 atom stereocenters. The Bertz CT molecular complexity index is 538. The zero-order chi connectivity index (χ0) is 18.6. The number of rotatable bonds is 6. The van der Waals surface area contributed by atoms with Gasteiger partial charge >= 0.3 is 6.18 Å². The van der Waals surface area contributed by atoms with Gasteiger partial charge < -0.3 is 4.74 Å². The van der Waals surface area contributed by atoms with Gasteiger partial charge in [0.05, 0.1) is 6.61 Å². The summed E-state index contributed by atoms with van der Waals surface area (Å²) in [5.74, 6) is -1.79. The van der Waals surface area contributed by atoms with E-state index in [1.807, 2.05) is 0 Å². The van der Waals surface area contributed by atoms with E-state index < -0.39 is 23.4 Å². The van der Waals surface area contributed by atoms with Crippen molar-refractivity contribution in [3.63, 3.8) is 0 Å². The smallest absolute Gasteiger partial charge is 0.422 e. The van der Waals surface area contributed by atoms with E-state index in [9.17, 15) is 22.0 Å². The van der Waals surface area contributed by atoms with E-state index in [0.29, 0.717) is 24.0 Å². The van der Waals surface area contributed by atoms with Crippen molar-refractivity contribution < 1.29 is 26.7 Å². The molecule has 0 aliphatic heterocycles. The van der Waals surface area contributed by atoms with Crippen LogP contribution in [0.25, 0.3) is 0 Å². The highest BCUT2D eigenvalue weighted by atomic mass is 19.4. The van der Waals surface area contributed by atoms with Crippen LogP contribution in [-0.2, 0) is 6.18 Å². The molecule has 1 aliphatic carbocycles. The maximum absolute atomic E-state index is 13.5. The maximum atomic E-state index is 13.5. The first kappa shape index (κ1) is 20.0. The van der Waals surface area contributed by atoms with Gasteiger partial charge in [0.2, 0.25) is 0 Å². The molecule has 1 nitrogen and oxygen atoms in total. The van der Waals surface area contributed by atoms with Crippen LogP contribution in [0.15, 0.2) is 12.1 Å². The average molecular weight is 364 g/mol. The first-order valence-corrected chi connectivity index (χ1v) is 8.91. The zero-order valence-corrected chi connectivity index (χ0v) is 14.6. The quantitative estimate of drug-likeness (QED) is 0.516. The highest BCUT2D eigenvalue weighted by Crippen LogP contribution is 2.37. The topological polar surface area (TPSA) is 9.23 Å². The summed E-state index contributed by atoms with van der Waals surface area (Å²) in [6.45, 7) is 4.73. The normalized spacial score (nSPS) is 22.7. The summed E-state index contributed by atoms with van der Waals surface area (Å²) in [5.41, 5.74) is -1.87. The number of benzene rings is 1. The summed E-state index contributed by atoms with van der Waals surface area (Å²) in [5, 5.41) is 0. The average Bonchev–Trinajstić information content (AvgIpc) is 2.51. The van der Waals surface area contributed by atoms with Crippen molar-refractivity contribution >= 4 is 0 Å². The number of ether oxygens (including phenoxy) is 1. The van der Waals surface area contributed by atoms with Gasteiger partial charge in [-0.05, 0) is 43.4 Å². The standard InChI is InChI=1S/C19H25F5O/c1-3-4-12(2)14-7-5-13(6-8-14)11-25-15-9-16(20)18(17(21)10-15)19(22,23)24/h9-10,12-14H,3-8,11H2,1-2H3. The number of halogens is 5. The monoisotopic (exact) mass is 364 g/mol. The third-order valence-corrected chi connectivity index (χ3v) is 5.22. The first-order chi connectivity index (χ1) is 11.7. The Hall–Kier alpha value is -1.33. The SMILES string of the molecule is CCCC(C)C1CCC(COc2cc(F)c(C(F)(F)F)c(F)c2)CC1. The summed E-state index contributed by atoms with van der Waals surface area (Å²) in [4.78, 5) is 0. The second kappa shape index (κ2) is 8.37. The maximum Gasteiger partial charge on any atom is 0.422 e. The Labute approximate surface area is 145 Å². The molecule has 1 aromatic rings. The van der Waals surface area contributed by atoms with E-state index in [1.165, 1.54) is 12.8 Å². The molecule has 0 N–H and O–H groups in total. The van der Waals surface area contributed by atoms with Crippen molar-refractivity contribution in [1.82, 2.24) is 0 Å². The molecule has 0 heterocycles. The molecule has 1 unspecified atom stereocenters. The van der Waals surface area contributed by atoms with Gasteiger partial charge in [0.15, 0.2) is 0 Å². The zero-order valence-electron chi connectivity index (χ0n) is 14.6. The Morgan fingerprint density at radius 2 is 1.64 bits per heavy atom. The van der Waals surface area contributed by atoms with E-state index in [-0.39, 0.29) is 18.3 Å². The minimum atomic E-state index is -5.06. The van der Waals surface area contributed by atoms with Crippen molar-refractivity contribution in [3.8, 4) is 5.75 Å². The van der Waals surface area contributed by atoms with Crippen LogP contribution >= 0.6 is 0 Å². The molecule has 142 valence electrons. The van der Waals surface area contributed by atoms with Crippen LogP contribution in [-0.4, -0.2) is 6.61 Å². The van der Waals surface area contributed by atoms with Crippen molar-refractivity contribution in [1.29, 1.82) is 0 Å². The van der Waals surface area contributed by atoms with Crippen molar-refractivity contribution in [2.24, 2.45) is 17.8 Å². The third-order valence-electron chi connectivity index (χ3n) is 5.22. The molecular weight excluding hydrogens is 339 g/mol. The molecule has 25 heavy (non-hydrogen) atoms. The largest absolute Gasteiger partial charge is 0.493 e. The van der Waals surface area contributed by atoms with Crippen molar-refractivity contribution in [2.45, 2.75) is 58.5 Å². The minimum absolute atomic E-state index is 0.190. The highest BCUT2D eigenvalue weighted by molar-refractivity contribution is 5.32. The fourth-order valence-electron chi connectivity index (χ4n) is 3.73. The lowest BCUT2D eigenvalue weighted by Gasteiger charge is -2.32. The molecule has 1 aromatic carbocycles. The summed E-state index contributed by atoms with van der Waals surface area (Å²) in [7, 11) is 0. The predicted molar refractivity (Wildman–Crippen MR) is 86.4 cm³/mol. The summed E-state index contributed by atoms with van der Waals surface area (Å²) in [6, 6.07) is 1.22. The van der Waals surface area contributed by atoms with Crippen molar-refractivity contribution in [2.75, 3.05) is 6.61 Å². The van der Waals surface area contributed by atoms with Gasteiger partial charge in [0, 0.05) is 12.1 Å². The van der Waals surface area contributed by atoms with Gasteiger partial charge in [0.1, 0.15) is 22.9 Å². The number of hydrogen-bond donors (Lipinski definition) is 0. The Morgan fingerprint density at radius 3 is 2.12 bits per heavy atom. The van der Waals surface area contributed by atoms with Crippen LogP contribution in [0.2, 0.25) is 0 Å². The molecular formula is C19H25F5O. The summed E-state index contributed by atoms with van der Waals surface area (Å²) in [6.07, 6.45) is 1.50. The Kier molecular flexibility index (Phi) is 6.69. The van der Waals surface area contributed by atoms with E-state index in [4.69, 9.17) is 4.74 Å². The number of hydrogen-bond acceptors (Lipinski definition) is 1. The fourth-order valence-corrected chi connectivity index (χ4v) is 3.73. The van der Waals surface area contributed by atoms with E-state index in [2.05, 4.69) is 13.8 Å². The second-order valence-electron chi connectivity index (χ2n) is 7.12. The molecule has 0 aromatic heterocycles. The van der Waals surface area contributed by atoms with Gasteiger partial charge in [-0.2, -0.15) is 13.2 Å². The lowest BCUT2D eigenvalue weighted by Crippen LogP contribution is -2.23. The predicted octanol–water partition coefficient (Wildman–Crippen LogP) is 6.61. The molecule has 6 heteroatoms. The van der Waals surface area contributed by atoms with E-state index >= 15 is 0 Å². The van der Waals surface area contributed by atoms with Gasteiger partial charge in [-0.25, -0.2) is 8.78 Å². The molecule has 0 bridgehead atoms. The van der Waals surface area contributed by atoms with Crippen LogP contribution in [0.5, 0.6) is 5.75 Å². The molecule has 1 aliphatic rings. The van der Waals surface area contributed by atoms with Gasteiger partial charge in [0.25, 0.3) is 0 Å². The minimum Gasteiger partial charge on any atom is -0.493 e. The van der Waals surface area contributed by atoms with E-state index in [1.54, 1.807) is 0 Å². The van der Waals surface area contributed by atoms with E-state index in [0.717, 1.165) is 25.7 Å². The molecule has 0 saturated heterocycles. The Morgan fingerprint density at radius 1 is 1.08 bits per heavy atom.